The molecule has 0 heterocycles. The highest BCUT2D eigenvalue weighted by atomic mass is 16.4. The molecule has 0 radical (unpaired) electrons. The maximum atomic E-state index is 10.6. The fourth-order valence-corrected chi connectivity index (χ4v) is 2.66. The van der Waals surface area contributed by atoms with Crippen LogP contribution >= 0.6 is 0 Å². The van der Waals surface area contributed by atoms with Crippen molar-refractivity contribution in [2.45, 2.75) is 12.5 Å². The molecule has 0 aliphatic heterocycles. The highest BCUT2D eigenvalue weighted by Crippen LogP contribution is 2.20. The summed E-state index contributed by atoms with van der Waals surface area (Å²) in [6.07, 6.45) is 3.28. The first-order valence-corrected chi connectivity index (χ1v) is 8.37. The van der Waals surface area contributed by atoms with Crippen LogP contribution in [0.15, 0.2) is 60.7 Å². The highest BCUT2D eigenvalue weighted by Gasteiger charge is 2.13. The maximum Gasteiger partial charge on any atom is 0.328 e. The molecule has 0 saturated heterocycles. The summed E-state index contributed by atoms with van der Waals surface area (Å²) in [5.74, 6) is -0.983. The van der Waals surface area contributed by atoms with Gasteiger partial charge in [0.05, 0.1) is 0 Å². The lowest BCUT2D eigenvalue weighted by Gasteiger charge is -2.19. The Morgan fingerprint density at radius 1 is 1.07 bits per heavy atom. The largest absolute Gasteiger partial charge is 0.478 e. The molecule has 8 N–H and O–H groups in total. The molecule has 0 aliphatic rings. The summed E-state index contributed by atoms with van der Waals surface area (Å²) in [6.45, 7) is 0.382. The Labute approximate surface area is 157 Å². The molecule has 7 nitrogen and oxygen atoms in total. The molecule has 27 heavy (non-hydrogen) atoms. The van der Waals surface area contributed by atoms with Crippen LogP contribution in [0.3, 0.4) is 0 Å². The monoisotopic (exact) mass is 365 g/mol. The van der Waals surface area contributed by atoms with Gasteiger partial charge in [-0.2, -0.15) is 0 Å². The fourth-order valence-electron chi connectivity index (χ4n) is 2.66. The minimum Gasteiger partial charge on any atom is -0.478 e. The lowest BCUT2D eigenvalue weighted by molar-refractivity contribution is -0.131. The predicted octanol–water partition coefficient (Wildman–Crippen LogP) is 1.77. The Morgan fingerprint density at radius 2 is 1.74 bits per heavy atom. The van der Waals surface area contributed by atoms with E-state index >= 15 is 0 Å². The summed E-state index contributed by atoms with van der Waals surface area (Å²) < 4.78 is 0. The van der Waals surface area contributed by atoms with Crippen LogP contribution in [0.2, 0.25) is 0 Å². The van der Waals surface area contributed by atoms with E-state index in [1.165, 1.54) is 0 Å². The van der Waals surface area contributed by atoms with Crippen molar-refractivity contribution in [3.8, 4) is 0 Å². The average molecular weight is 365 g/mol. The summed E-state index contributed by atoms with van der Waals surface area (Å²) >= 11 is 0. The van der Waals surface area contributed by atoms with Gasteiger partial charge in [-0.3, -0.25) is 10.8 Å². The van der Waals surface area contributed by atoms with Crippen molar-refractivity contribution in [2.75, 3.05) is 6.54 Å². The molecule has 0 aromatic heterocycles. The van der Waals surface area contributed by atoms with Gasteiger partial charge in [-0.15, -0.1) is 0 Å². The van der Waals surface area contributed by atoms with E-state index in [0.717, 1.165) is 17.2 Å². The number of rotatable bonds is 9. The zero-order valence-corrected chi connectivity index (χ0v) is 14.8. The third-order valence-corrected chi connectivity index (χ3v) is 4.05. The number of nitrogens with two attached hydrogens (primary N) is 2. The van der Waals surface area contributed by atoms with Gasteiger partial charge in [-0.1, -0.05) is 48.5 Å². The van der Waals surface area contributed by atoms with Gasteiger partial charge in [0.15, 0.2) is 0 Å². The highest BCUT2D eigenvalue weighted by molar-refractivity contribution is 5.95. The van der Waals surface area contributed by atoms with E-state index in [1.807, 2.05) is 30.3 Å². The molecule has 1 atom stereocenters. The van der Waals surface area contributed by atoms with Crippen LogP contribution in [-0.4, -0.2) is 29.3 Å². The predicted molar refractivity (Wildman–Crippen MR) is 106 cm³/mol. The standard InChI is InChI=1S/C20H23N5O2/c21-19(22)14-8-6-13(7-9-14)11-17(25-10-2-5-18(26)27)15-3-1-4-16(12-15)20(23)24/h1-9,12,17,25H,10-11H2,(H3,21,22)(H3,23,24)(H,26,27). The SMILES string of the molecule is N=C(N)c1ccc(CC(NCC=CC(=O)O)c2cccc(C(=N)N)c2)cc1. The Hall–Kier alpha value is -3.45. The molecular formula is C20H23N5O2. The average Bonchev–Trinajstić information content (AvgIpc) is 2.64. The van der Waals surface area contributed by atoms with Gasteiger partial charge in [0.1, 0.15) is 11.7 Å². The van der Waals surface area contributed by atoms with Crippen molar-refractivity contribution in [1.82, 2.24) is 5.32 Å². The van der Waals surface area contributed by atoms with Gasteiger partial charge in [0, 0.05) is 29.8 Å². The van der Waals surface area contributed by atoms with Crippen LogP contribution in [0, 0.1) is 10.8 Å². The van der Waals surface area contributed by atoms with E-state index in [1.54, 1.807) is 24.3 Å². The minimum absolute atomic E-state index is 0.00724. The van der Waals surface area contributed by atoms with Crippen molar-refractivity contribution < 1.29 is 9.90 Å². The lowest BCUT2D eigenvalue weighted by atomic mass is 9.96. The second-order valence-electron chi connectivity index (χ2n) is 6.06. The van der Waals surface area contributed by atoms with Gasteiger partial charge in [-0.25, -0.2) is 4.79 Å². The number of nitrogen functional groups attached to an aromatic ring is 2. The molecule has 0 saturated carbocycles. The normalized spacial score (nSPS) is 12.0. The molecule has 0 bridgehead atoms. The molecule has 1 unspecified atom stereocenters. The molecular weight excluding hydrogens is 342 g/mol. The topological polar surface area (TPSA) is 149 Å². The molecule has 0 aliphatic carbocycles. The van der Waals surface area contributed by atoms with E-state index in [0.29, 0.717) is 24.1 Å². The second-order valence-corrected chi connectivity index (χ2v) is 6.06. The number of hydrogen-bond donors (Lipinski definition) is 6. The fraction of sp³-hybridized carbons (Fsp3) is 0.150. The molecule has 140 valence electrons. The third-order valence-electron chi connectivity index (χ3n) is 4.05. The van der Waals surface area contributed by atoms with E-state index in [4.69, 9.17) is 27.4 Å². The molecule has 0 fully saturated rings. The van der Waals surface area contributed by atoms with E-state index in [2.05, 4.69) is 5.32 Å². The lowest BCUT2D eigenvalue weighted by Crippen LogP contribution is -2.24. The zero-order valence-electron chi connectivity index (χ0n) is 14.8. The number of nitrogens with one attached hydrogen (secondary N) is 3. The maximum absolute atomic E-state index is 10.6. The second kappa shape index (κ2) is 9.30. The van der Waals surface area contributed by atoms with Gasteiger partial charge in [-0.05, 0) is 23.6 Å². The van der Waals surface area contributed by atoms with Crippen LogP contribution in [-0.2, 0) is 11.2 Å². The molecule has 0 spiro atoms. The van der Waals surface area contributed by atoms with Crippen molar-refractivity contribution >= 4 is 17.6 Å². The quantitative estimate of drug-likeness (QED) is 0.227. The van der Waals surface area contributed by atoms with Crippen LogP contribution < -0.4 is 16.8 Å². The number of benzene rings is 2. The van der Waals surface area contributed by atoms with Crippen LogP contribution in [0.4, 0.5) is 0 Å². The van der Waals surface area contributed by atoms with E-state index in [-0.39, 0.29) is 17.7 Å². The molecule has 7 heteroatoms. The Kier molecular flexibility index (Phi) is 6.85. The van der Waals surface area contributed by atoms with Gasteiger partial charge < -0.3 is 21.9 Å². The van der Waals surface area contributed by atoms with Gasteiger partial charge >= 0.3 is 5.97 Å². The van der Waals surface area contributed by atoms with Crippen molar-refractivity contribution in [1.29, 1.82) is 10.8 Å². The number of carboxylic acid groups (broad SMARTS) is 1. The van der Waals surface area contributed by atoms with Crippen LogP contribution in [0.5, 0.6) is 0 Å². The Balaban J connectivity index is 2.23. The van der Waals surface area contributed by atoms with Crippen molar-refractivity contribution in [2.24, 2.45) is 11.5 Å². The van der Waals surface area contributed by atoms with Gasteiger partial charge in [0.2, 0.25) is 0 Å². The Morgan fingerprint density at radius 3 is 2.33 bits per heavy atom. The number of carboxylic acids is 1. The summed E-state index contributed by atoms with van der Waals surface area (Å²) in [5, 5.41) is 27.1. The molecule has 2 aromatic carbocycles. The number of hydrogen-bond acceptors (Lipinski definition) is 4. The molecule has 2 rings (SSSR count). The summed E-state index contributed by atoms with van der Waals surface area (Å²) in [7, 11) is 0. The van der Waals surface area contributed by atoms with Crippen LogP contribution in [0.25, 0.3) is 0 Å². The van der Waals surface area contributed by atoms with Crippen molar-refractivity contribution in [3.05, 3.63) is 82.9 Å². The Bertz CT molecular complexity index is 859. The number of carbonyl (C=O) groups is 1. The summed E-state index contributed by atoms with van der Waals surface area (Å²) in [5.41, 5.74) is 14.4. The first-order valence-electron chi connectivity index (χ1n) is 8.37. The van der Waals surface area contributed by atoms with E-state index < -0.39 is 5.97 Å². The zero-order chi connectivity index (χ0) is 19.8. The smallest absolute Gasteiger partial charge is 0.328 e. The number of aliphatic carboxylic acids is 1. The molecule has 0 amide bonds. The number of amidine groups is 2. The van der Waals surface area contributed by atoms with E-state index in [9.17, 15) is 4.79 Å². The first kappa shape index (κ1) is 19.9. The third kappa shape index (κ3) is 6.09. The summed E-state index contributed by atoms with van der Waals surface area (Å²) in [4.78, 5) is 10.6. The summed E-state index contributed by atoms with van der Waals surface area (Å²) in [6, 6.07) is 14.7. The minimum atomic E-state index is -0.994. The van der Waals surface area contributed by atoms with Crippen LogP contribution in [0.1, 0.15) is 28.3 Å². The van der Waals surface area contributed by atoms with Crippen molar-refractivity contribution in [3.63, 3.8) is 0 Å². The van der Waals surface area contributed by atoms with Gasteiger partial charge in [0.25, 0.3) is 0 Å². The first-order chi connectivity index (χ1) is 12.9. The molecule has 2 aromatic rings.